The van der Waals surface area contributed by atoms with Crippen molar-refractivity contribution in [1.82, 2.24) is 14.3 Å². The van der Waals surface area contributed by atoms with Gasteiger partial charge >= 0.3 is 11.4 Å². The van der Waals surface area contributed by atoms with E-state index in [4.69, 9.17) is 0 Å². The third-order valence-corrected chi connectivity index (χ3v) is 3.69. The Morgan fingerprint density at radius 2 is 2.09 bits per heavy atom. The molecule has 0 spiro atoms. The average Bonchev–Trinajstić information content (AvgIpc) is 2.78. The number of hydrogen-bond acceptors (Lipinski definition) is 3. The van der Waals surface area contributed by atoms with Gasteiger partial charge in [-0.3, -0.25) is 0 Å². The Bertz CT molecular complexity index is 881. The van der Waals surface area contributed by atoms with Gasteiger partial charge in [-0.1, -0.05) is 24.3 Å². The van der Waals surface area contributed by atoms with Crippen molar-refractivity contribution in [2.45, 2.75) is 26.3 Å². The lowest BCUT2D eigenvalue weighted by Gasteiger charge is -2.06. The van der Waals surface area contributed by atoms with Crippen molar-refractivity contribution in [2.75, 3.05) is 0 Å². The number of aromatic amines is 1. The first kappa shape index (κ1) is 14.2. The molecule has 1 aromatic heterocycles. The van der Waals surface area contributed by atoms with Gasteiger partial charge in [0.25, 0.3) is 0 Å². The molecule has 6 nitrogen and oxygen atoms in total. The largest absolute Gasteiger partial charge is 0.508 e. The van der Waals surface area contributed by atoms with Gasteiger partial charge in [0.05, 0.1) is 12.2 Å². The van der Waals surface area contributed by atoms with Gasteiger partial charge in [0.2, 0.25) is 0 Å². The number of aryl methyl sites for hydroxylation is 1. The van der Waals surface area contributed by atoms with E-state index >= 15 is 0 Å². The van der Waals surface area contributed by atoms with Crippen LogP contribution in [0, 0.1) is 6.92 Å². The molecule has 0 radical (unpaired) electrons. The van der Waals surface area contributed by atoms with Gasteiger partial charge in [-0.05, 0) is 43.0 Å². The molecule has 0 aliphatic heterocycles. The number of nitrogens with zero attached hydrogens (tertiary/aromatic N) is 2. The monoisotopic (exact) mass is 299 g/mol. The molecule has 1 aromatic carbocycles. The summed E-state index contributed by atoms with van der Waals surface area (Å²) in [6.45, 7) is 2.03. The molecule has 1 aliphatic rings. The minimum absolute atomic E-state index is 0.208. The van der Waals surface area contributed by atoms with E-state index in [1.54, 1.807) is 31.2 Å². The highest BCUT2D eigenvalue weighted by Gasteiger charge is 2.13. The summed E-state index contributed by atoms with van der Waals surface area (Å²) < 4.78 is 2.42. The third kappa shape index (κ3) is 2.55. The molecule has 0 saturated carbocycles. The summed E-state index contributed by atoms with van der Waals surface area (Å²) in [7, 11) is 0. The van der Waals surface area contributed by atoms with Gasteiger partial charge in [-0.2, -0.15) is 0 Å². The molecule has 1 aliphatic carbocycles. The molecule has 22 heavy (non-hydrogen) atoms. The number of allylic oxidation sites excluding steroid dienone is 4. The van der Waals surface area contributed by atoms with E-state index in [9.17, 15) is 14.7 Å². The highest BCUT2D eigenvalue weighted by Crippen LogP contribution is 2.17. The summed E-state index contributed by atoms with van der Waals surface area (Å²) in [5.41, 5.74) is 1.33. The van der Waals surface area contributed by atoms with Gasteiger partial charge in [0, 0.05) is 0 Å². The minimum atomic E-state index is -0.446. The molecule has 2 N–H and O–H groups in total. The summed E-state index contributed by atoms with van der Waals surface area (Å²) in [5.74, 6) is 0.208. The van der Waals surface area contributed by atoms with Gasteiger partial charge in [-0.15, -0.1) is 0 Å². The Morgan fingerprint density at radius 3 is 2.77 bits per heavy atom. The van der Waals surface area contributed by atoms with Crippen LogP contribution in [0.2, 0.25) is 0 Å². The minimum Gasteiger partial charge on any atom is -0.508 e. The molecule has 1 heterocycles. The number of phenols is 1. The molecule has 114 valence electrons. The number of hydrogen-bond donors (Lipinski definition) is 2. The Balaban J connectivity index is 1.97. The molecule has 0 amide bonds. The fraction of sp³-hybridized carbons (Fsp3) is 0.250. The second-order valence-electron chi connectivity index (χ2n) is 5.35. The van der Waals surface area contributed by atoms with Crippen LogP contribution in [-0.2, 0) is 6.54 Å². The fourth-order valence-electron chi connectivity index (χ4n) is 2.52. The first-order chi connectivity index (χ1) is 10.6. The van der Waals surface area contributed by atoms with Crippen LogP contribution in [0.25, 0.3) is 5.70 Å². The van der Waals surface area contributed by atoms with Crippen molar-refractivity contribution < 1.29 is 5.11 Å². The van der Waals surface area contributed by atoms with Crippen LogP contribution < -0.4 is 11.4 Å². The Kier molecular flexibility index (Phi) is 3.58. The molecular weight excluding hydrogens is 282 g/mol. The summed E-state index contributed by atoms with van der Waals surface area (Å²) in [6, 6.07) is 5.10. The van der Waals surface area contributed by atoms with Crippen LogP contribution in [0.1, 0.15) is 24.0 Å². The predicted octanol–water partition coefficient (Wildman–Crippen LogP) is 1.59. The molecule has 0 atom stereocenters. The molecule has 6 heteroatoms. The zero-order valence-corrected chi connectivity index (χ0v) is 12.2. The summed E-state index contributed by atoms with van der Waals surface area (Å²) in [4.78, 5) is 24.5. The quantitative estimate of drug-likeness (QED) is 0.903. The highest BCUT2D eigenvalue weighted by atomic mass is 16.3. The number of aromatic hydroxyl groups is 1. The van der Waals surface area contributed by atoms with Crippen LogP contribution in [0.4, 0.5) is 0 Å². The van der Waals surface area contributed by atoms with Gasteiger partial charge < -0.3 is 5.11 Å². The first-order valence-corrected chi connectivity index (χ1v) is 7.13. The molecule has 2 aromatic rings. The maximum atomic E-state index is 12.4. The van der Waals surface area contributed by atoms with E-state index in [2.05, 4.69) is 5.10 Å². The van der Waals surface area contributed by atoms with Crippen LogP contribution in [0.15, 0.2) is 46.0 Å². The van der Waals surface area contributed by atoms with Crippen LogP contribution in [0.5, 0.6) is 5.75 Å². The van der Waals surface area contributed by atoms with E-state index in [0.717, 1.165) is 28.5 Å². The Labute approximate surface area is 126 Å². The van der Waals surface area contributed by atoms with Gasteiger partial charge in [0.1, 0.15) is 5.75 Å². The Morgan fingerprint density at radius 1 is 1.27 bits per heavy atom. The fourth-order valence-corrected chi connectivity index (χ4v) is 2.52. The zero-order valence-electron chi connectivity index (χ0n) is 12.2. The van der Waals surface area contributed by atoms with Crippen molar-refractivity contribution >= 4 is 5.70 Å². The van der Waals surface area contributed by atoms with Crippen molar-refractivity contribution in [3.63, 3.8) is 0 Å². The molecule has 0 fully saturated rings. The molecule has 3 rings (SSSR count). The normalized spacial score (nSPS) is 14.1. The Hall–Kier alpha value is -2.76. The van der Waals surface area contributed by atoms with Gasteiger partial charge in [0.15, 0.2) is 0 Å². The van der Waals surface area contributed by atoms with Crippen LogP contribution in [0.3, 0.4) is 0 Å². The molecule has 0 saturated heterocycles. The second kappa shape index (κ2) is 5.55. The SMILES string of the molecule is Cc1cc(Cn2[nH]c(=O)n(C3=CCCC=C3)c2=O)ccc1O. The van der Waals surface area contributed by atoms with E-state index in [1.807, 2.05) is 12.2 Å². The predicted molar refractivity (Wildman–Crippen MR) is 83.9 cm³/mol. The van der Waals surface area contributed by atoms with E-state index in [0.29, 0.717) is 5.70 Å². The number of aromatic nitrogens is 3. The third-order valence-electron chi connectivity index (χ3n) is 3.69. The zero-order chi connectivity index (χ0) is 15.7. The topological polar surface area (TPSA) is 80.0 Å². The number of phenolic OH excluding ortho intramolecular Hbond substituents is 1. The maximum Gasteiger partial charge on any atom is 0.351 e. The summed E-state index contributed by atoms with van der Waals surface area (Å²) in [5, 5.41) is 12.1. The average molecular weight is 299 g/mol. The van der Waals surface area contributed by atoms with E-state index in [1.165, 1.54) is 4.68 Å². The number of nitrogens with one attached hydrogen (secondary N) is 1. The van der Waals surface area contributed by atoms with Crippen molar-refractivity contribution in [3.05, 3.63) is 68.5 Å². The number of H-pyrrole nitrogens is 1. The molecule has 0 unspecified atom stereocenters. The van der Waals surface area contributed by atoms with Crippen LogP contribution >= 0.6 is 0 Å². The van der Waals surface area contributed by atoms with Crippen LogP contribution in [-0.4, -0.2) is 19.5 Å². The first-order valence-electron chi connectivity index (χ1n) is 7.13. The summed E-state index contributed by atoms with van der Waals surface area (Å²) in [6.07, 6.45) is 7.35. The van der Waals surface area contributed by atoms with E-state index < -0.39 is 11.4 Å². The lowest BCUT2D eigenvalue weighted by atomic mass is 10.1. The lowest BCUT2D eigenvalue weighted by Crippen LogP contribution is -2.28. The lowest BCUT2D eigenvalue weighted by molar-refractivity contribution is 0.470. The standard InChI is InChI=1S/C16H17N3O3/c1-11-9-12(7-8-14(11)20)10-18-16(22)19(15(21)17-18)13-5-3-2-4-6-13/h3,5-9,20H,2,4,10H2,1H3,(H,17,21). The highest BCUT2D eigenvalue weighted by molar-refractivity contribution is 5.57. The number of rotatable bonds is 3. The van der Waals surface area contributed by atoms with Crippen molar-refractivity contribution in [3.8, 4) is 5.75 Å². The molecular formula is C16H17N3O3. The number of benzene rings is 1. The van der Waals surface area contributed by atoms with Gasteiger partial charge in [-0.25, -0.2) is 23.9 Å². The molecule has 0 bridgehead atoms. The maximum absolute atomic E-state index is 12.4. The summed E-state index contributed by atoms with van der Waals surface area (Å²) >= 11 is 0. The van der Waals surface area contributed by atoms with Crippen molar-refractivity contribution in [2.24, 2.45) is 0 Å². The van der Waals surface area contributed by atoms with Crippen molar-refractivity contribution in [1.29, 1.82) is 0 Å². The van der Waals surface area contributed by atoms with E-state index in [-0.39, 0.29) is 12.3 Å². The smallest absolute Gasteiger partial charge is 0.351 e. The second-order valence-corrected chi connectivity index (χ2v) is 5.35.